The fraction of sp³-hybridized carbons (Fsp3) is 0.261. The first-order valence-corrected chi connectivity index (χ1v) is 10.4. The van der Waals surface area contributed by atoms with Crippen LogP contribution in [0.1, 0.15) is 32.1 Å². The molecule has 5 nitrogen and oxygen atoms in total. The number of allylic oxidation sites excluding steroid dienone is 2. The van der Waals surface area contributed by atoms with Crippen molar-refractivity contribution in [2.75, 3.05) is 0 Å². The molecule has 1 aliphatic carbocycles. The summed E-state index contributed by atoms with van der Waals surface area (Å²) < 4.78 is 3.53. The number of benzene rings is 1. The average Bonchev–Trinajstić information content (AvgIpc) is 3.19. The largest absolute Gasteiger partial charge is 0.315 e. The first kappa shape index (κ1) is 18.1. The van der Waals surface area contributed by atoms with Crippen molar-refractivity contribution >= 4 is 28.2 Å². The summed E-state index contributed by atoms with van der Waals surface area (Å²) in [5.74, 6) is 0. The van der Waals surface area contributed by atoms with Gasteiger partial charge in [0.15, 0.2) is 5.65 Å². The lowest BCUT2D eigenvalue weighted by Crippen LogP contribution is -2.21. The highest BCUT2D eigenvalue weighted by Gasteiger charge is 2.13. The Morgan fingerprint density at radius 1 is 1.07 bits per heavy atom. The molecule has 29 heavy (non-hydrogen) atoms. The van der Waals surface area contributed by atoms with Crippen LogP contribution in [0.15, 0.2) is 65.4 Å². The second kappa shape index (κ2) is 7.48. The standard InChI is InChI=1S/C23H21ClN4O/c24-18-8-6-17(7-9-18)19-15-26-28-21-11-13-27(12-10-16-4-2-1-3-5-16)23(29)20(21)14-25-22(19)28/h4,6-9,11,13-15H,1-3,5,10,12H2. The minimum Gasteiger partial charge on any atom is -0.315 e. The molecule has 0 saturated carbocycles. The summed E-state index contributed by atoms with van der Waals surface area (Å²) in [7, 11) is 0. The Morgan fingerprint density at radius 3 is 2.72 bits per heavy atom. The lowest BCUT2D eigenvalue weighted by Gasteiger charge is -2.13. The topological polar surface area (TPSA) is 52.2 Å². The smallest absolute Gasteiger partial charge is 0.261 e. The maximum absolute atomic E-state index is 13.0. The summed E-state index contributed by atoms with van der Waals surface area (Å²) >= 11 is 6.00. The van der Waals surface area contributed by atoms with E-state index in [-0.39, 0.29) is 5.56 Å². The van der Waals surface area contributed by atoms with Gasteiger partial charge in [0.1, 0.15) is 0 Å². The van der Waals surface area contributed by atoms with Crippen molar-refractivity contribution in [2.45, 2.75) is 38.6 Å². The number of aryl methyl sites for hydroxylation is 1. The zero-order chi connectivity index (χ0) is 19.8. The monoisotopic (exact) mass is 404 g/mol. The first-order chi connectivity index (χ1) is 14.2. The van der Waals surface area contributed by atoms with Gasteiger partial charge in [0.25, 0.3) is 5.56 Å². The van der Waals surface area contributed by atoms with E-state index in [9.17, 15) is 4.79 Å². The van der Waals surface area contributed by atoms with Gasteiger partial charge in [0.05, 0.1) is 17.1 Å². The molecule has 0 N–H and O–H groups in total. The highest BCUT2D eigenvalue weighted by molar-refractivity contribution is 6.30. The maximum Gasteiger partial charge on any atom is 0.261 e. The van der Waals surface area contributed by atoms with E-state index in [2.05, 4.69) is 16.2 Å². The number of halogens is 1. The van der Waals surface area contributed by atoms with Gasteiger partial charge in [0.2, 0.25) is 0 Å². The first-order valence-electron chi connectivity index (χ1n) is 10.0. The normalized spacial score (nSPS) is 14.4. The number of rotatable bonds is 4. The van der Waals surface area contributed by atoms with Gasteiger partial charge in [-0.15, -0.1) is 0 Å². The number of pyridine rings is 1. The van der Waals surface area contributed by atoms with E-state index in [1.807, 2.05) is 36.5 Å². The average molecular weight is 405 g/mol. The van der Waals surface area contributed by atoms with E-state index in [0.29, 0.717) is 17.0 Å². The molecular weight excluding hydrogens is 384 g/mol. The summed E-state index contributed by atoms with van der Waals surface area (Å²) in [5.41, 5.74) is 4.85. The lowest BCUT2D eigenvalue weighted by molar-refractivity contribution is 0.616. The number of fused-ring (bicyclic) bond motifs is 3. The molecule has 0 unspecified atom stereocenters. The van der Waals surface area contributed by atoms with Gasteiger partial charge >= 0.3 is 0 Å². The molecule has 6 heteroatoms. The third-order valence-corrected chi connectivity index (χ3v) is 5.93. The molecule has 3 heterocycles. The highest BCUT2D eigenvalue weighted by Crippen LogP contribution is 2.26. The van der Waals surface area contributed by atoms with E-state index in [0.717, 1.165) is 35.1 Å². The van der Waals surface area contributed by atoms with Crippen LogP contribution in [0.4, 0.5) is 0 Å². The summed E-state index contributed by atoms with van der Waals surface area (Å²) in [6.45, 7) is 0.702. The Morgan fingerprint density at radius 2 is 1.93 bits per heavy atom. The summed E-state index contributed by atoms with van der Waals surface area (Å²) in [5, 5.41) is 5.77. The number of hydrogen-bond donors (Lipinski definition) is 0. The minimum atomic E-state index is -0.0168. The van der Waals surface area contributed by atoms with Gasteiger partial charge in [-0.3, -0.25) is 4.79 Å². The maximum atomic E-state index is 13.0. The number of hydrogen-bond acceptors (Lipinski definition) is 3. The molecule has 5 rings (SSSR count). The number of aromatic nitrogens is 4. The van der Waals surface area contributed by atoms with Gasteiger partial charge in [-0.25, -0.2) is 9.50 Å². The molecule has 0 atom stereocenters. The van der Waals surface area contributed by atoms with Crippen molar-refractivity contribution in [1.82, 2.24) is 19.2 Å². The Hall–Kier alpha value is -2.92. The van der Waals surface area contributed by atoms with Crippen molar-refractivity contribution < 1.29 is 0 Å². The molecule has 0 saturated heterocycles. The molecule has 0 amide bonds. The third kappa shape index (κ3) is 3.36. The Labute approximate surface area is 173 Å². The molecule has 1 aliphatic rings. The molecular formula is C23H21ClN4O. The molecule has 1 aromatic carbocycles. The summed E-state index contributed by atoms with van der Waals surface area (Å²) in [6.07, 6.45) is 13.5. The Bertz CT molecular complexity index is 1280. The third-order valence-electron chi connectivity index (χ3n) is 5.68. The van der Waals surface area contributed by atoms with Crippen LogP contribution < -0.4 is 5.56 Å². The van der Waals surface area contributed by atoms with E-state index >= 15 is 0 Å². The molecule has 0 aliphatic heterocycles. The van der Waals surface area contributed by atoms with Crippen molar-refractivity contribution in [3.63, 3.8) is 0 Å². The van der Waals surface area contributed by atoms with Crippen LogP contribution in [0.3, 0.4) is 0 Å². The van der Waals surface area contributed by atoms with E-state index in [1.54, 1.807) is 21.5 Å². The van der Waals surface area contributed by atoms with Crippen molar-refractivity contribution in [2.24, 2.45) is 0 Å². The van der Waals surface area contributed by atoms with Crippen LogP contribution in [-0.2, 0) is 6.54 Å². The molecule has 0 radical (unpaired) electrons. The van der Waals surface area contributed by atoms with Crippen LogP contribution in [0, 0.1) is 0 Å². The predicted octanol–water partition coefficient (Wildman–Crippen LogP) is 5.26. The van der Waals surface area contributed by atoms with Crippen LogP contribution in [0.25, 0.3) is 27.7 Å². The molecule has 0 bridgehead atoms. The second-order valence-electron chi connectivity index (χ2n) is 7.53. The van der Waals surface area contributed by atoms with Crippen LogP contribution in [-0.4, -0.2) is 19.2 Å². The lowest BCUT2D eigenvalue weighted by atomic mass is 9.97. The Balaban J connectivity index is 1.53. The van der Waals surface area contributed by atoms with E-state index in [1.165, 1.54) is 24.8 Å². The SMILES string of the molecule is O=c1c2cnc3c(-c4ccc(Cl)cc4)cnn3c2ccn1CCC1=CCCCC1. The van der Waals surface area contributed by atoms with Gasteiger partial charge in [-0.05, 0) is 55.9 Å². The van der Waals surface area contributed by atoms with Gasteiger partial charge in [-0.1, -0.05) is 35.4 Å². The minimum absolute atomic E-state index is 0.0168. The highest BCUT2D eigenvalue weighted by atomic mass is 35.5. The quantitative estimate of drug-likeness (QED) is 0.436. The van der Waals surface area contributed by atoms with Crippen molar-refractivity contribution in [3.05, 3.63) is 75.9 Å². The molecule has 146 valence electrons. The Kier molecular flexibility index (Phi) is 4.68. The van der Waals surface area contributed by atoms with Crippen LogP contribution >= 0.6 is 11.6 Å². The predicted molar refractivity (Wildman–Crippen MR) is 116 cm³/mol. The fourth-order valence-corrected chi connectivity index (χ4v) is 4.19. The van der Waals surface area contributed by atoms with Crippen LogP contribution in [0.5, 0.6) is 0 Å². The molecule has 3 aromatic heterocycles. The van der Waals surface area contributed by atoms with Crippen LogP contribution in [0.2, 0.25) is 5.02 Å². The summed E-state index contributed by atoms with van der Waals surface area (Å²) in [4.78, 5) is 17.6. The van der Waals surface area contributed by atoms with Gasteiger partial charge < -0.3 is 4.57 Å². The molecule has 0 spiro atoms. The zero-order valence-electron chi connectivity index (χ0n) is 16.0. The zero-order valence-corrected chi connectivity index (χ0v) is 16.8. The number of nitrogens with zero attached hydrogens (tertiary/aromatic N) is 4. The molecule has 0 fully saturated rings. The van der Waals surface area contributed by atoms with Gasteiger partial charge in [0, 0.05) is 29.5 Å². The van der Waals surface area contributed by atoms with E-state index in [4.69, 9.17) is 11.6 Å². The van der Waals surface area contributed by atoms with Gasteiger partial charge in [-0.2, -0.15) is 5.10 Å². The second-order valence-corrected chi connectivity index (χ2v) is 7.97. The summed E-state index contributed by atoms with van der Waals surface area (Å²) in [6, 6.07) is 9.55. The van der Waals surface area contributed by atoms with Crippen molar-refractivity contribution in [1.29, 1.82) is 0 Å². The van der Waals surface area contributed by atoms with Crippen molar-refractivity contribution in [3.8, 4) is 11.1 Å². The molecule has 4 aromatic rings. The van der Waals surface area contributed by atoms with E-state index < -0.39 is 0 Å². The fourth-order valence-electron chi connectivity index (χ4n) is 4.06.